The van der Waals surface area contributed by atoms with Crippen LogP contribution in [0.15, 0.2) is 41.6 Å². The smallest absolute Gasteiger partial charge is 0.244 e. The molecule has 2 aromatic rings. The summed E-state index contributed by atoms with van der Waals surface area (Å²) in [5.41, 5.74) is 6.03. The number of ether oxygens (including phenoxy) is 1. The number of rotatable bonds is 7. The first-order valence-corrected chi connectivity index (χ1v) is 8.00. The van der Waals surface area contributed by atoms with E-state index >= 15 is 0 Å². The molecule has 7 nitrogen and oxygen atoms in total. The van der Waals surface area contributed by atoms with Crippen LogP contribution in [0, 0.1) is 0 Å². The van der Waals surface area contributed by atoms with Crippen LogP contribution in [-0.2, 0) is 16.6 Å². The minimum absolute atomic E-state index is 0.0461. The van der Waals surface area contributed by atoms with E-state index in [9.17, 15) is 8.42 Å². The first-order valence-electron chi connectivity index (χ1n) is 6.52. The van der Waals surface area contributed by atoms with Gasteiger partial charge in [0.1, 0.15) is 10.6 Å². The second-order valence-corrected chi connectivity index (χ2v) is 6.04. The number of sulfonamides is 1. The van der Waals surface area contributed by atoms with E-state index in [1.54, 1.807) is 42.2 Å². The quantitative estimate of drug-likeness (QED) is 0.738. The summed E-state index contributed by atoms with van der Waals surface area (Å²) in [6.45, 7) is 2.83. The fraction of sp³-hybridized carbons (Fsp3) is 0.308. The van der Waals surface area contributed by atoms with Crippen molar-refractivity contribution in [1.82, 2.24) is 14.5 Å². The molecule has 0 saturated carbocycles. The summed E-state index contributed by atoms with van der Waals surface area (Å²) in [5, 5.41) is 4.01. The summed E-state index contributed by atoms with van der Waals surface area (Å²) in [7, 11) is -3.68. The van der Waals surface area contributed by atoms with Gasteiger partial charge in [-0.05, 0) is 31.2 Å². The highest BCUT2D eigenvalue weighted by Crippen LogP contribution is 2.26. The molecular weight excluding hydrogens is 292 g/mol. The van der Waals surface area contributed by atoms with Gasteiger partial charge in [-0.2, -0.15) is 5.10 Å². The van der Waals surface area contributed by atoms with Crippen molar-refractivity contribution < 1.29 is 13.2 Å². The Labute approximate surface area is 123 Å². The lowest BCUT2D eigenvalue weighted by atomic mass is 10.3. The average Bonchev–Trinajstić information content (AvgIpc) is 2.94. The molecule has 0 atom stereocenters. The predicted octanol–water partition coefficient (Wildman–Crippen LogP) is 0.842. The summed E-state index contributed by atoms with van der Waals surface area (Å²) in [4.78, 5) is 0.0461. The van der Waals surface area contributed by atoms with E-state index in [-0.39, 0.29) is 11.4 Å². The van der Waals surface area contributed by atoms with Gasteiger partial charge in [-0.15, -0.1) is 0 Å². The normalized spacial score (nSPS) is 11.5. The van der Waals surface area contributed by atoms with E-state index in [1.807, 2.05) is 0 Å². The van der Waals surface area contributed by atoms with Crippen molar-refractivity contribution in [2.75, 3.05) is 18.9 Å². The average molecular weight is 310 g/mol. The van der Waals surface area contributed by atoms with Crippen LogP contribution in [0.1, 0.15) is 6.92 Å². The summed E-state index contributed by atoms with van der Waals surface area (Å²) < 4.78 is 34.2. The third-order valence-corrected chi connectivity index (χ3v) is 4.23. The Kier molecular flexibility index (Phi) is 4.81. The number of aromatic nitrogens is 2. The highest BCUT2D eigenvalue weighted by Gasteiger charge is 2.19. The van der Waals surface area contributed by atoms with Gasteiger partial charge in [0.25, 0.3) is 0 Å². The monoisotopic (exact) mass is 310 g/mol. The van der Waals surface area contributed by atoms with Crippen molar-refractivity contribution in [1.29, 1.82) is 0 Å². The number of nitrogens with one attached hydrogen (secondary N) is 1. The van der Waals surface area contributed by atoms with Gasteiger partial charge in [-0.3, -0.25) is 4.68 Å². The highest BCUT2D eigenvalue weighted by molar-refractivity contribution is 7.89. The maximum atomic E-state index is 12.3. The molecule has 21 heavy (non-hydrogen) atoms. The fourth-order valence-electron chi connectivity index (χ4n) is 1.81. The molecule has 0 bridgehead atoms. The molecular formula is C13H18N4O3S. The standard InChI is InChI=1S/C13H18N4O3S/c1-2-20-12-5-4-11(14)10-13(12)21(18,19)16-7-9-17-8-3-6-15-17/h3-6,8,10,16H,2,7,9,14H2,1H3. The molecule has 0 aliphatic rings. The van der Waals surface area contributed by atoms with E-state index in [1.165, 1.54) is 6.07 Å². The Morgan fingerprint density at radius 1 is 1.43 bits per heavy atom. The van der Waals surface area contributed by atoms with Crippen LogP contribution < -0.4 is 15.2 Å². The van der Waals surface area contributed by atoms with E-state index in [4.69, 9.17) is 10.5 Å². The molecule has 3 N–H and O–H groups in total. The fourth-order valence-corrected chi connectivity index (χ4v) is 3.01. The lowest BCUT2D eigenvalue weighted by Gasteiger charge is -2.12. The molecule has 8 heteroatoms. The van der Waals surface area contributed by atoms with Crippen LogP contribution in [0.5, 0.6) is 5.75 Å². The largest absolute Gasteiger partial charge is 0.492 e. The zero-order valence-corrected chi connectivity index (χ0v) is 12.5. The molecule has 0 aliphatic carbocycles. The molecule has 0 amide bonds. The summed E-state index contributed by atoms with van der Waals surface area (Å²) in [6.07, 6.45) is 3.40. The van der Waals surface area contributed by atoms with Crippen LogP contribution in [0.4, 0.5) is 5.69 Å². The van der Waals surface area contributed by atoms with Gasteiger partial charge in [-0.25, -0.2) is 13.1 Å². The number of nitrogens with zero attached hydrogens (tertiary/aromatic N) is 2. The Bertz CT molecular complexity index is 683. The van der Waals surface area contributed by atoms with Crippen molar-refractivity contribution in [3.8, 4) is 5.75 Å². The van der Waals surface area contributed by atoms with Gasteiger partial charge < -0.3 is 10.5 Å². The predicted molar refractivity (Wildman–Crippen MR) is 79.4 cm³/mol. The zero-order valence-electron chi connectivity index (χ0n) is 11.7. The van der Waals surface area contributed by atoms with Crippen LogP contribution in [0.25, 0.3) is 0 Å². The number of nitrogens with two attached hydrogens (primary N) is 1. The van der Waals surface area contributed by atoms with Gasteiger partial charge in [-0.1, -0.05) is 0 Å². The molecule has 1 heterocycles. The van der Waals surface area contributed by atoms with E-state index < -0.39 is 10.0 Å². The SMILES string of the molecule is CCOc1ccc(N)cc1S(=O)(=O)NCCn1cccn1. The third-order valence-electron chi connectivity index (χ3n) is 2.75. The Balaban J connectivity index is 2.12. The molecule has 0 fully saturated rings. The first kappa shape index (κ1) is 15.3. The third kappa shape index (κ3) is 3.96. The van der Waals surface area contributed by atoms with Crippen LogP contribution >= 0.6 is 0 Å². The summed E-state index contributed by atoms with van der Waals surface area (Å²) in [6, 6.07) is 6.33. The molecule has 0 aliphatic heterocycles. The second kappa shape index (κ2) is 6.59. The second-order valence-electron chi connectivity index (χ2n) is 4.31. The molecule has 0 radical (unpaired) electrons. The van der Waals surface area contributed by atoms with Crippen molar-refractivity contribution in [2.45, 2.75) is 18.4 Å². The minimum atomic E-state index is -3.68. The summed E-state index contributed by atoms with van der Waals surface area (Å²) >= 11 is 0. The molecule has 0 unspecified atom stereocenters. The van der Waals surface area contributed by atoms with Crippen LogP contribution in [0.2, 0.25) is 0 Å². The van der Waals surface area contributed by atoms with E-state index in [0.29, 0.717) is 24.6 Å². The van der Waals surface area contributed by atoms with Crippen molar-refractivity contribution in [3.05, 3.63) is 36.7 Å². The van der Waals surface area contributed by atoms with Crippen molar-refractivity contribution in [2.24, 2.45) is 0 Å². The maximum absolute atomic E-state index is 12.3. The highest BCUT2D eigenvalue weighted by atomic mass is 32.2. The molecule has 1 aromatic heterocycles. The van der Waals surface area contributed by atoms with Crippen molar-refractivity contribution >= 4 is 15.7 Å². The number of nitrogen functional groups attached to an aromatic ring is 1. The van der Waals surface area contributed by atoms with Gasteiger partial charge in [0.15, 0.2) is 0 Å². The molecule has 0 spiro atoms. The Morgan fingerprint density at radius 2 is 2.24 bits per heavy atom. The van der Waals surface area contributed by atoms with Crippen molar-refractivity contribution in [3.63, 3.8) is 0 Å². The lowest BCUT2D eigenvalue weighted by molar-refractivity contribution is 0.331. The number of benzene rings is 1. The van der Waals surface area contributed by atoms with E-state index in [2.05, 4.69) is 9.82 Å². The number of hydrogen-bond acceptors (Lipinski definition) is 5. The van der Waals surface area contributed by atoms with Crippen LogP contribution in [-0.4, -0.2) is 31.3 Å². The lowest BCUT2D eigenvalue weighted by Crippen LogP contribution is -2.28. The van der Waals surface area contributed by atoms with E-state index in [0.717, 1.165) is 0 Å². The number of anilines is 1. The summed E-state index contributed by atoms with van der Waals surface area (Å²) in [5.74, 6) is 0.290. The molecule has 1 aromatic carbocycles. The topological polar surface area (TPSA) is 99.2 Å². The molecule has 0 saturated heterocycles. The number of hydrogen-bond donors (Lipinski definition) is 2. The molecule has 2 rings (SSSR count). The maximum Gasteiger partial charge on any atom is 0.244 e. The molecule has 114 valence electrons. The Hall–Kier alpha value is -2.06. The van der Waals surface area contributed by atoms with Gasteiger partial charge in [0.2, 0.25) is 10.0 Å². The van der Waals surface area contributed by atoms with Gasteiger partial charge >= 0.3 is 0 Å². The van der Waals surface area contributed by atoms with Gasteiger partial charge in [0, 0.05) is 24.6 Å². The Morgan fingerprint density at radius 3 is 2.90 bits per heavy atom. The zero-order chi connectivity index (χ0) is 15.3. The minimum Gasteiger partial charge on any atom is -0.492 e. The first-order chi connectivity index (χ1) is 10.0. The van der Waals surface area contributed by atoms with Crippen LogP contribution in [0.3, 0.4) is 0 Å². The van der Waals surface area contributed by atoms with Gasteiger partial charge in [0.05, 0.1) is 13.2 Å².